The Morgan fingerprint density at radius 3 is 2.86 bits per heavy atom. The van der Waals surface area contributed by atoms with Crippen LogP contribution >= 0.6 is 0 Å². The van der Waals surface area contributed by atoms with E-state index in [9.17, 15) is 9.18 Å². The van der Waals surface area contributed by atoms with Gasteiger partial charge in [-0.1, -0.05) is 12.1 Å². The van der Waals surface area contributed by atoms with Gasteiger partial charge in [0.1, 0.15) is 22.9 Å². The summed E-state index contributed by atoms with van der Waals surface area (Å²) in [5.74, 6) is -0.226. The van der Waals surface area contributed by atoms with Gasteiger partial charge in [-0.3, -0.25) is 4.79 Å². The van der Waals surface area contributed by atoms with Crippen molar-refractivity contribution in [3.8, 4) is 5.75 Å². The van der Waals surface area contributed by atoms with Gasteiger partial charge >= 0.3 is 0 Å². The maximum absolute atomic E-state index is 13.9. The number of carbonyl (C=O) groups is 1. The first-order chi connectivity index (χ1) is 13.7. The van der Waals surface area contributed by atoms with E-state index in [0.717, 1.165) is 37.4 Å². The molecule has 0 spiro atoms. The van der Waals surface area contributed by atoms with E-state index < -0.39 is 11.7 Å². The van der Waals surface area contributed by atoms with Crippen LogP contribution < -0.4 is 10.1 Å². The van der Waals surface area contributed by atoms with Gasteiger partial charge in [-0.05, 0) is 31.9 Å². The Morgan fingerprint density at radius 1 is 1.32 bits per heavy atom. The number of rotatable bonds is 5. The third kappa shape index (κ3) is 3.71. The summed E-state index contributed by atoms with van der Waals surface area (Å²) in [4.78, 5) is 17.3. The number of benzene rings is 1. The van der Waals surface area contributed by atoms with Gasteiger partial charge in [0.05, 0.1) is 17.9 Å². The summed E-state index contributed by atoms with van der Waals surface area (Å²) in [5.41, 5.74) is 2.20. The summed E-state index contributed by atoms with van der Waals surface area (Å²) in [5, 5.41) is 2.76. The Balaban J connectivity index is 1.67. The first-order valence-electron chi connectivity index (χ1n) is 9.44. The lowest BCUT2D eigenvalue weighted by atomic mass is 9.97. The van der Waals surface area contributed by atoms with Crippen molar-refractivity contribution in [1.82, 2.24) is 9.38 Å². The summed E-state index contributed by atoms with van der Waals surface area (Å²) < 4.78 is 26.9. The predicted octanol–water partition coefficient (Wildman–Crippen LogP) is 4.02. The van der Waals surface area contributed by atoms with Crippen molar-refractivity contribution in [2.24, 2.45) is 0 Å². The van der Waals surface area contributed by atoms with Crippen LogP contribution in [-0.4, -0.2) is 35.1 Å². The molecule has 3 heterocycles. The molecule has 0 aliphatic carbocycles. The number of ether oxygens (including phenoxy) is 2. The molecule has 1 aromatic carbocycles. The Hall–Kier alpha value is -2.93. The SMILES string of the molecule is CCOc1cc2nc(C3CCOCC3)cn2cc1NC(=O)c1ccccc1F. The molecule has 0 saturated carbocycles. The first kappa shape index (κ1) is 18.4. The van der Waals surface area contributed by atoms with Crippen molar-refractivity contribution >= 4 is 17.2 Å². The molecule has 7 heteroatoms. The topological polar surface area (TPSA) is 64.9 Å². The van der Waals surface area contributed by atoms with E-state index in [1.165, 1.54) is 12.1 Å². The second-order valence-electron chi connectivity index (χ2n) is 6.74. The lowest BCUT2D eigenvalue weighted by Crippen LogP contribution is -2.15. The molecule has 0 radical (unpaired) electrons. The van der Waals surface area contributed by atoms with E-state index in [1.54, 1.807) is 24.4 Å². The highest BCUT2D eigenvalue weighted by molar-refractivity contribution is 6.05. The van der Waals surface area contributed by atoms with Gasteiger partial charge < -0.3 is 19.2 Å². The van der Waals surface area contributed by atoms with Crippen LogP contribution in [0.1, 0.15) is 41.7 Å². The van der Waals surface area contributed by atoms with Crippen molar-refractivity contribution in [3.63, 3.8) is 0 Å². The number of nitrogens with one attached hydrogen (secondary N) is 1. The molecule has 4 rings (SSSR count). The number of aromatic nitrogens is 2. The predicted molar refractivity (Wildman–Crippen MR) is 104 cm³/mol. The molecule has 3 aromatic rings. The lowest BCUT2D eigenvalue weighted by molar-refractivity contribution is 0.0846. The number of fused-ring (bicyclic) bond motifs is 1. The minimum atomic E-state index is -0.566. The van der Waals surface area contributed by atoms with Gasteiger partial charge in [0.2, 0.25) is 0 Å². The third-order valence-electron chi connectivity index (χ3n) is 4.88. The number of anilines is 1. The highest BCUT2D eigenvalue weighted by atomic mass is 19.1. The van der Waals surface area contributed by atoms with E-state index >= 15 is 0 Å². The van der Waals surface area contributed by atoms with E-state index in [2.05, 4.69) is 5.32 Å². The number of halogens is 1. The monoisotopic (exact) mass is 383 g/mol. The van der Waals surface area contributed by atoms with Gasteiger partial charge in [0.25, 0.3) is 5.91 Å². The van der Waals surface area contributed by atoms with Gasteiger partial charge in [0, 0.05) is 37.6 Å². The molecule has 2 aromatic heterocycles. The molecule has 1 N–H and O–H groups in total. The molecule has 28 heavy (non-hydrogen) atoms. The molecule has 0 bridgehead atoms. The average molecular weight is 383 g/mol. The second kappa shape index (κ2) is 7.98. The van der Waals surface area contributed by atoms with E-state index in [-0.39, 0.29) is 5.56 Å². The second-order valence-corrected chi connectivity index (χ2v) is 6.74. The van der Waals surface area contributed by atoms with E-state index in [4.69, 9.17) is 14.5 Å². The fourth-order valence-corrected chi connectivity index (χ4v) is 3.43. The zero-order chi connectivity index (χ0) is 19.5. The van der Waals surface area contributed by atoms with Crippen LogP contribution in [0.2, 0.25) is 0 Å². The Bertz CT molecular complexity index is 996. The standard InChI is InChI=1S/C21H22FN3O3/c1-2-28-19-11-20-23-17(14-7-9-27-10-8-14)12-25(20)13-18(19)24-21(26)15-5-3-4-6-16(15)22/h3-6,11-14H,2,7-10H2,1H3,(H,24,26). The molecule has 1 aliphatic rings. The number of nitrogens with zero attached hydrogens (tertiary/aromatic N) is 2. The zero-order valence-corrected chi connectivity index (χ0v) is 15.7. The molecule has 0 atom stereocenters. The fraction of sp³-hybridized carbons (Fsp3) is 0.333. The van der Waals surface area contributed by atoms with Crippen molar-refractivity contribution in [2.45, 2.75) is 25.7 Å². The van der Waals surface area contributed by atoms with E-state index in [0.29, 0.717) is 24.0 Å². The normalized spacial score (nSPS) is 14.9. The van der Waals surface area contributed by atoms with Gasteiger partial charge in [-0.25, -0.2) is 9.37 Å². The Labute approximate surface area is 162 Å². The molecule has 6 nitrogen and oxygen atoms in total. The van der Waals surface area contributed by atoms with Gasteiger partial charge in [-0.15, -0.1) is 0 Å². The molecular weight excluding hydrogens is 361 g/mol. The number of imidazole rings is 1. The largest absolute Gasteiger partial charge is 0.491 e. The van der Waals surface area contributed by atoms with Crippen LogP contribution in [0.4, 0.5) is 10.1 Å². The van der Waals surface area contributed by atoms with Crippen molar-refractivity contribution in [1.29, 1.82) is 0 Å². The summed E-state index contributed by atoms with van der Waals surface area (Å²) in [6.07, 6.45) is 5.62. The van der Waals surface area contributed by atoms with Crippen molar-refractivity contribution in [2.75, 3.05) is 25.1 Å². The minimum Gasteiger partial charge on any atom is -0.491 e. The zero-order valence-electron chi connectivity index (χ0n) is 15.7. The molecular formula is C21H22FN3O3. The smallest absolute Gasteiger partial charge is 0.258 e. The summed E-state index contributed by atoms with van der Waals surface area (Å²) in [6, 6.07) is 7.68. The maximum atomic E-state index is 13.9. The molecule has 1 saturated heterocycles. The average Bonchev–Trinajstić information content (AvgIpc) is 3.12. The minimum absolute atomic E-state index is 0.0152. The van der Waals surface area contributed by atoms with Crippen LogP contribution in [0.25, 0.3) is 5.65 Å². The number of hydrogen-bond acceptors (Lipinski definition) is 4. The van der Waals surface area contributed by atoms with Crippen LogP contribution in [0.5, 0.6) is 5.75 Å². The van der Waals surface area contributed by atoms with Gasteiger partial charge in [0.15, 0.2) is 0 Å². The summed E-state index contributed by atoms with van der Waals surface area (Å²) in [7, 11) is 0. The van der Waals surface area contributed by atoms with Crippen LogP contribution in [0, 0.1) is 5.82 Å². The quantitative estimate of drug-likeness (QED) is 0.723. The highest BCUT2D eigenvalue weighted by Crippen LogP contribution is 2.31. The Morgan fingerprint density at radius 2 is 2.11 bits per heavy atom. The fourth-order valence-electron chi connectivity index (χ4n) is 3.43. The van der Waals surface area contributed by atoms with Crippen LogP contribution in [0.3, 0.4) is 0 Å². The molecule has 1 amide bonds. The molecule has 146 valence electrons. The number of pyridine rings is 1. The van der Waals surface area contributed by atoms with Crippen LogP contribution in [0.15, 0.2) is 42.7 Å². The molecule has 0 unspecified atom stereocenters. The van der Waals surface area contributed by atoms with Crippen molar-refractivity contribution in [3.05, 3.63) is 59.8 Å². The first-order valence-corrected chi connectivity index (χ1v) is 9.44. The lowest BCUT2D eigenvalue weighted by Gasteiger charge is -2.19. The molecule has 1 aliphatic heterocycles. The third-order valence-corrected chi connectivity index (χ3v) is 4.88. The number of hydrogen-bond donors (Lipinski definition) is 1. The number of carbonyl (C=O) groups excluding carboxylic acids is 1. The Kier molecular flexibility index (Phi) is 5.25. The van der Waals surface area contributed by atoms with Gasteiger partial charge in [-0.2, -0.15) is 0 Å². The maximum Gasteiger partial charge on any atom is 0.258 e. The van der Waals surface area contributed by atoms with Crippen LogP contribution in [-0.2, 0) is 4.74 Å². The summed E-state index contributed by atoms with van der Waals surface area (Å²) >= 11 is 0. The highest BCUT2D eigenvalue weighted by Gasteiger charge is 2.20. The van der Waals surface area contributed by atoms with Crippen molar-refractivity contribution < 1.29 is 18.7 Å². The summed E-state index contributed by atoms with van der Waals surface area (Å²) in [6.45, 7) is 3.79. The van der Waals surface area contributed by atoms with E-state index in [1.807, 2.05) is 17.5 Å². The number of amides is 1. The molecule has 1 fully saturated rings.